The third-order valence-corrected chi connectivity index (χ3v) is 4.97. The first-order valence-electron chi connectivity index (χ1n) is 9.74. The Bertz CT molecular complexity index is 859. The molecule has 1 N–H and O–H groups in total. The maximum atomic E-state index is 6.04. The first kappa shape index (κ1) is 18.4. The molecule has 6 heteroatoms. The lowest BCUT2D eigenvalue weighted by molar-refractivity contribution is 0.300. The molecule has 3 heterocycles. The summed E-state index contributed by atoms with van der Waals surface area (Å²) in [5.74, 6) is 1.87. The van der Waals surface area contributed by atoms with E-state index in [0.717, 1.165) is 49.6 Å². The summed E-state index contributed by atoms with van der Waals surface area (Å²) < 4.78 is 6.04. The summed E-state index contributed by atoms with van der Waals surface area (Å²) >= 11 is 0. The number of ether oxygens (including phenoxy) is 1. The zero-order valence-electron chi connectivity index (χ0n) is 15.9. The highest BCUT2D eigenvalue weighted by atomic mass is 16.5. The number of hydrogen-bond acceptors (Lipinski definition) is 6. The van der Waals surface area contributed by atoms with E-state index < -0.39 is 0 Å². The van der Waals surface area contributed by atoms with Crippen molar-refractivity contribution in [3.63, 3.8) is 0 Å². The van der Waals surface area contributed by atoms with Gasteiger partial charge in [0.25, 0.3) is 0 Å². The van der Waals surface area contributed by atoms with Gasteiger partial charge >= 0.3 is 0 Å². The Kier molecular flexibility index (Phi) is 6.09. The highest BCUT2D eigenvalue weighted by molar-refractivity contribution is 5.37. The van der Waals surface area contributed by atoms with Crippen LogP contribution in [-0.2, 0) is 13.2 Å². The van der Waals surface area contributed by atoms with Crippen molar-refractivity contribution < 1.29 is 4.74 Å². The number of nitrogens with zero attached hydrogens (tertiary/aromatic N) is 4. The molecule has 6 nitrogen and oxygen atoms in total. The summed E-state index contributed by atoms with van der Waals surface area (Å²) in [4.78, 5) is 6.45. The number of nitrogens with one attached hydrogen (secondary N) is 1. The summed E-state index contributed by atoms with van der Waals surface area (Å²) in [6, 6.07) is 16.6. The zero-order valence-corrected chi connectivity index (χ0v) is 15.9. The Hall–Kier alpha value is -2.99. The van der Waals surface area contributed by atoms with Gasteiger partial charge in [-0.25, -0.2) is 0 Å². The fraction of sp³-hybridized carbons (Fsp3) is 0.318. The van der Waals surface area contributed by atoms with E-state index >= 15 is 0 Å². The van der Waals surface area contributed by atoms with Crippen LogP contribution in [0.1, 0.15) is 24.0 Å². The van der Waals surface area contributed by atoms with Gasteiger partial charge in [0.2, 0.25) is 0 Å². The maximum Gasteiger partial charge on any atom is 0.151 e. The molecule has 28 heavy (non-hydrogen) atoms. The summed E-state index contributed by atoms with van der Waals surface area (Å²) in [5, 5.41) is 11.9. The second kappa shape index (κ2) is 9.28. The van der Waals surface area contributed by atoms with Crippen molar-refractivity contribution in [1.29, 1.82) is 0 Å². The lowest BCUT2D eigenvalue weighted by Crippen LogP contribution is -2.45. The van der Waals surface area contributed by atoms with E-state index in [0.29, 0.717) is 12.6 Å². The average molecular weight is 375 g/mol. The predicted octanol–water partition coefficient (Wildman–Crippen LogP) is 3.21. The van der Waals surface area contributed by atoms with Crippen molar-refractivity contribution >= 4 is 5.82 Å². The molecule has 1 aliphatic rings. The molecule has 0 amide bonds. The third-order valence-electron chi connectivity index (χ3n) is 4.97. The van der Waals surface area contributed by atoms with E-state index in [-0.39, 0.29) is 0 Å². The molecular formula is C22H25N5O. The van der Waals surface area contributed by atoms with Gasteiger partial charge in [0.05, 0.1) is 0 Å². The van der Waals surface area contributed by atoms with E-state index in [1.807, 2.05) is 42.6 Å². The van der Waals surface area contributed by atoms with E-state index in [1.165, 1.54) is 5.56 Å². The van der Waals surface area contributed by atoms with Crippen LogP contribution in [0.2, 0.25) is 0 Å². The molecule has 2 aromatic heterocycles. The molecule has 0 bridgehead atoms. The van der Waals surface area contributed by atoms with Crippen LogP contribution in [0.3, 0.4) is 0 Å². The largest absolute Gasteiger partial charge is 0.489 e. The predicted molar refractivity (Wildman–Crippen MR) is 109 cm³/mol. The number of para-hydroxylation sites is 1. The van der Waals surface area contributed by atoms with E-state index in [1.54, 1.807) is 12.4 Å². The highest BCUT2D eigenvalue weighted by Crippen LogP contribution is 2.21. The van der Waals surface area contributed by atoms with Crippen LogP contribution in [0.4, 0.5) is 5.82 Å². The van der Waals surface area contributed by atoms with Gasteiger partial charge in [-0.05, 0) is 37.1 Å². The SMILES string of the molecule is c1cncc(COc2ccccc2CNC2CCCN(c3cccnn3)C2)c1. The second-order valence-corrected chi connectivity index (χ2v) is 7.01. The molecule has 4 rings (SSSR count). The molecule has 144 valence electrons. The molecule has 3 aromatic rings. The van der Waals surface area contributed by atoms with Gasteiger partial charge < -0.3 is 15.0 Å². The summed E-state index contributed by atoms with van der Waals surface area (Å²) in [7, 11) is 0. The lowest BCUT2D eigenvalue weighted by atomic mass is 10.0. The normalized spacial score (nSPS) is 16.7. The Morgan fingerprint density at radius 1 is 1.07 bits per heavy atom. The average Bonchev–Trinajstić information content (AvgIpc) is 2.78. The molecule has 0 saturated carbocycles. The monoisotopic (exact) mass is 375 g/mol. The molecule has 1 unspecified atom stereocenters. The standard InChI is InChI=1S/C22H25N5O/c1-2-9-21(28-17-18-6-3-11-23-14-18)19(7-1)15-24-20-8-5-13-27(16-20)22-10-4-12-25-26-22/h1-4,6-7,9-12,14,20,24H,5,8,13,15-17H2. The number of anilines is 1. The second-order valence-electron chi connectivity index (χ2n) is 7.01. The molecule has 1 atom stereocenters. The molecule has 1 saturated heterocycles. The summed E-state index contributed by atoms with van der Waals surface area (Å²) in [6.07, 6.45) is 7.63. The summed E-state index contributed by atoms with van der Waals surface area (Å²) in [5.41, 5.74) is 2.24. The molecule has 1 fully saturated rings. The Morgan fingerprint density at radius 3 is 2.86 bits per heavy atom. The van der Waals surface area contributed by atoms with Crippen molar-refractivity contribution in [2.75, 3.05) is 18.0 Å². The van der Waals surface area contributed by atoms with Crippen molar-refractivity contribution in [3.8, 4) is 5.75 Å². The fourth-order valence-corrected chi connectivity index (χ4v) is 3.50. The number of hydrogen-bond donors (Lipinski definition) is 1. The van der Waals surface area contributed by atoms with Crippen molar-refractivity contribution in [1.82, 2.24) is 20.5 Å². The van der Waals surface area contributed by atoms with Crippen LogP contribution in [0.5, 0.6) is 5.75 Å². The van der Waals surface area contributed by atoms with Crippen LogP contribution in [-0.4, -0.2) is 34.3 Å². The van der Waals surface area contributed by atoms with E-state index in [9.17, 15) is 0 Å². The first-order chi connectivity index (χ1) is 13.9. The number of pyridine rings is 1. The minimum atomic E-state index is 0.419. The van der Waals surface area contributed by atoms with Gasteiger partial charge in [-0.3, -0.25) is 4.98 Å². The van der Waals surface area contributed by atoms with E-state index in [4.69, 9.17) is 4.74 Å². The van der Waals surface area contributed by atoms with Crippen molar-refractivity contribution in [3.05, 3.63) is 78.2 Å². The molecular weight excluding hydrogens is 350 g/mol. The third kappa shape index (κ3) is 4.84. The first-order valence-corrected chi connectivity index (χ1v) is 9.74. The lowest BCUT2D eigenvalue weighted by Gasteiger charge is -2.33. The Balaban J connectivity index is 1.34. The molecule has 1 aromatic carbocycles. The van der Waals surface area contributed by atoms with Crippen LogP contribution in [0, 0.1) is 0 Å². The van der Waals surface area contributed by atoms with E-state index in [2.05, 4.69) is 37.5 Å². The van der Waals surface area contributed by atoms with Gasteiger partial charge in [-0.2, -0.15) is 5.10 Å². The topological polar surface area (TPSA) is 63.2 Å². The quantitative estimate of drug-likeness (QED) is 0.684. The molecule has 0 aliphatic carbocycles. The van der Waals surface area contributed by atoms with Crippen LogP contribution < -0.4 is 15.0 Å². The molecule has 1 aliphatic heterocycles. The smallest absolute Gasteiger partial charge is 0.151 e. The van der Waals surface area contributed by atoms with Crippen LogP contribution in [0.15, 0.2) is 67.1 Å². The fourth-order valence-electron chi connectivity index (χ4n) is 3.50. The maximum absolute atomic E-state index is 6.04. The summed E-state index contributed by atoms with van der Waals surface area (Å²) in [6.45, 7) is 3.27. The van der Waals surface area contributed by atoms with Gasteiger partial charge in [-0.1, -0.05) is 24.3 Å². The Morgan fingerprint density at radius 2 is 2.00 bits per heavy atom. The minimum absolute atomic E-state index is 0.419. The molecule has 0 radical (unpaired) electrons. The van der Waals surface area contributed by atoms with Crippen LogP contribution in [0.25, 0.3) is 0 Å². The van der Waals surface area contributed by atoms with Crippen molar-refractivity contribution in [2.24, 2.45) is 0 Å². The highest BCUT2D eigenvalue weighted by Gasteiger charge is 2.21. The number of rotatable bonds is 7. The van der Waals surface area contributed by atoms with Crippen molar-refractivity contribution in [2.45, 2.75) is 32.0 Å². The number of aromatic nitrogens is 3. The van der Waals surface area contributed by atoms with Gasteiger partial charge in [0.15, 0.2) is 5.82 Å². The van der Waals surface area contributed by atoms with Gasteiger partial charge in [0, 0.05) is 55.4 Å². The zero-order chi connectivity index (χ0) is 19.0. The number of piperidine rings is 1. The number of benzene rings is 1. The van der Waals surface area contributed by atoms with Gasteiger partial charge in [-0.15, -0.1) is 5.10 Å². The minimum Gasteiger partial charge on any atom is -0.489 e. The molecule has 0 spiro atoms. The van der Waals surface area contributed by atoms with Gasteiger partial charge in [0.1, 0.15) is 12.4 Å². The van der Waals surface area contributed by atoms with Crippen LogP contribution >= 0.6 is 0 Å². The Labute approximate surface area is 165 Å².